The molecule has 2 aromatic heterocycles. The van der Waals surface area contributed by atoms with E-state index in [1.54, 1.807) is 31.3 Å². The zero-order valence-electron chi connectivity index (χ0n) is 14.5. The highest BCUT2D eigenvalue weighted by Crippen LogP contribution is 2.26. The SMILES string of the molecule is CNC(=O)c1ccc(CSc2nnc(CCN)n2-c2ccc(F)cc2)o1.Cl. The van der Waals surface area contributed by atoms with Crippen LogP contribution in [-0.2, 0) is 12.2 Å². The van der Waals surface area contributed by atoms with Gasteiger partial charge in [-0.2, -0.15) is 0 Å². The van der Waals surface area contributed by atoms with Crippen LogP contribution in [0.4, 0.5) is 4.39 Å². The molecular weight excluding hydrogens is 393 g/mol. The first kappa shape index (κ1) is 20.9. The molecule has 0 aliphatic rings. The van der Waals surface area contributed by atoms with E-state index in [1.165, 1.54) is 23.9 Å². The van der Waals surface area contributed by atoms with E-state index in [0.717, 1.165) is 5.69 Å². The molecule has 27 heavy (non-hydrogen) atoms. The number of nitrogens with two attached hydrogens (primary N) is 1. The van der Waals surface area contributed by atoms with Gasteiger partial charge in [-0.15, -0.1) is 22.6 Å². The summed E-state index contributed by atoms with van der Waals surface area (Å²) in [6.07, 6.45) is 0.548. The van der Waals surface area contributed by atoms with Crippen molar-refractivity contribution in [2.45, 2.75) is 17.3 Å². The maximum absolute atomic E-state index is 13.2. The summed E-state index contributed by atoms with van der Waals surface area (Å²) in [5.41, 5.74) is 6.41. The van der Waals surface area contributed by atoms with Gasteiger partial charge in [-0.3, -0.25) is 9.36 Å². The largest absolute Gasteiger partial charge is 0.455 e. The van der Waals surface area contributed by atoms with Crippen LogP contribution in [0.3, 0.4) is 0 Å². The first-order valence-electron chi connectivity index (χ1n) is 7.96. The maximum Gasteiger partial charge on any atom is 0.286 e. The number of benzene rings is 1. The number of aromatic nitrogens is 3. The first-order valence-corrected chi connectivity index (χ1v) is 8.95. The Balaban J connectivity index is 0.00000261. The van der Waals surface area contributed by atoms with Gasteiger partial charge >= 0.3 is 0 Å². The van der Waals surface area contributed by atoms with E-state index >= 15 is 0 Å². The van der Waals surface area contributed by atoms with Crippen molar-refractivity contribution in [1.29, 1.82) is 0 Å². The van der Waals surface area contributed by atoms with Crippen molar-refractivity contribution in [3.63, 3.8) is 0 Å². The van der Waals surface area contributed by atoms with E-state index in [4.69, 9.17) is 10.2 Å². The van der Waals surface area contributed by atoms with E-state index < -0.39 is 0 Å². The predicted molar refractivity (Wildman–Crippen MR) is 103 cm³/mol. The number of hydrogen-bond donors (Lipinski definition) is 2. The molecule has 0 unspecified atom stereocenters. The molecule has 0 aliphatic carbocycles. The van der Waals surface area contributed by atoms with Crippen LogP contribution in [-0.4, -0.2) is 34.3 Å². The van der Waals surface area contributed by atoms with E-state index in [2.05, 4.69) is 15.5 Å². The number of halogens is 2. The Labute approximate surface area is 165 Å². The molecule has 0 fully saturated rings. The molecule has 0 spiro atoms. The Morgan fingerprint density at radius 3 is 2.67 bits per heavy atom. The predicted octanol–water partition coefficient (Wildman–Crippen LogP) is 2.57. The van der Waals surface area contributed by atoms with Gasteiger partial charge < -0.3 is 15.5 Å². The third kappa shape index (κ3) is 4.88. The Kier molecular flexibility index (Phi) is 7.40. The number of nitrogens with zero attached hydrogens (tertiary/aromatic N) is 3. The number of rotatable bonds is 7. The fourth-order valence-electron chi connectivity index (χ4n) is 2.37. The van der Waals surface area contributed by atoms with Gasteiger partial charge in [0.25, 0.3) is 5.91 Å². The highest BCUT2D eigenvalue weighted by molar-refractivity contribution is 7.98. The number of amides is 1. The topological polar surface area (TPSA) is 99.0 Å². The molecular formula is C17H19ClFN5O2S. The fourth-order valence-corrected chi connectivity index (χ4v) is 3.24. The van der Waals surface area contributed by atoms with Crippen LogP contribution in [0.2, 0.25) is 0 Å². The normalized spacial score (nSPS) is 10.5. The Hall–Kier alpha value is -2.36. The summed E-state index contributed by atoms with van der Waals surface area (Å²) in [5, 5.41) is 11.5. The van der Waals surface area contributed by atoms with Crippen LogP contribution in [0.15, 0.2) is 46.0 Å². The smallest absolute Gasteiger partial charge is 0.286 e. The number of furan rings is 1. The van der Waals surface area contributed by atoms with Gasteiger partial charge in [0, 0.05) is 19.2 Å². The van der Waals surface area contributed by atoms with Gasteiger partial charge in [-0.25, -0.2) is 4.39 Å². The molecule has 10 heteroatoms. The number of hydrogen-bond acceptors (Lipinski definition) is 6. The summed E-state index contributed by atoms with van der Waals surface area (Å²) in [6.45, 7) is 0.428. The number of carbonyl (C=O) groups is 1. The monoisotopic (exact) mass is 411 g/mol. The highest BCUT2D eigenvalue weighted by atomic mass is 35.5. The third-order valence-electron chi connectivity index (χ3n) is 3.61. The van der Waals surface area contributed by atoms with Crippen LogP contribution >= 0.6 is 24.2 Å². The number of carbonyl (C=O) groups excluding carboxylic acids is 1. The van der Waals surface area contributed by atoms with Crippen LogP contribution in [0.1, 0.15) is 22.1 Å². The lowest BCUT2D eigenvalue weighted by Crippen LogP contribution is -2.16. The highest BCUT2D eigenvalue weighted by Gasteiger charge is 2.16. The summed E-state index contributed by atoms with van der Waals surface area (Å²) in [7, 11) is 1.55. The lowest BCUT2D eigenvalue weighted by molar-refractivity contribution is 0.0934. The second-order valence-corrected chi connectivity index (χ2v) is 6.33. The van der Waals surface area contributed by atoms with Crippen molar-refractivity contribution in [3.8, 4) is 5.69 Å². The molecule has 7 nitrogen and oxygen atoms in total. The summed E-state index contributed by atoms with van der Waals surface area (Å²) in [4.78, 5) is 11.6. The van der Waals surface area contributed by atoms with Crippen molar-refractivity contribution in [2.75, 3.05) is 13.6 Å². The van der Waals surface area contributed by atoms with Crippen molar-refractivity contribution in [1.82, 2.24) is 20.1 Å². The Morgan fingerprint density at radius 1 is 1.26 bits per heavy atom. The molecule has 0 atom stereocenters. The molecule has 0 aliphatic heterocycles. The molecule has 144 valence electrons. The average molecular weight is 412 g/mol. The van der Waals surface area contributed by atoms with Gasteiger partial charge in [0.1, 0.15) is 17.4 Å². The van der Waals surface area contributed by atoms with Crippen molar-refractivity contribution >= 4 is 30.1 Å². The van der Waals surface area contributed by atoms with Crippen LogP contribution in [0, 0.1) is 5.82 Å². The van der Waals surface area contributed by atoms with Crippen molar-refractivity contribution < 1.29 is 13.6 Å². The maximum atomic E-state index is 13.2. The van der Waals surface area contributed by atoms with E-state index in [-0.39, 0.29) is 29.9 Å². The van der Waals surface area contributed by atoms with E-state index in [1.807, 2.05) is 4.57 Å². The molecule has 0 radical (unpaired) electrons. The summed E-state index contributed by atoms with van der Waals surface area (Å²) < 4.78 is 20.6. The lowest BCUT2D eigenvalue weighted by atomic mass is 10.3. The molecule has 2 heterocycles. The number of nitrogens with one attached hydrogen (secondary N) is 1. The lowest BCUT2D eigenvalue weighted by Gasteiger charge is -2.09. The fraction of sp³-hybridized carbons (Fsp3) is 0.235. The first-order chi connectivity index (χ1) is 12.6. The zero-order chi connectivity index (χ0) is 18.5. The molecule has 0 bridgehead atoms. The summed E-state index contributed by atoms with van der Waals surface area (Å²) in [6, 6.07) is 9.48. The molecule has 0 saturated heterocycles. The average Bonchev–Trinajstić information content (AvgIpc) is 3.27. The summed E-state index contributed by atoms with van der Waals surface area (Å²) >= 11 is 1.41. The van der Waals surface area contributed by atoms with Crippen LogP contribution < -0.4 is 11.1 Å². The quantitative estimate of drug-likeness (QED) is 0.580. The molecule has 1 aromatic carbocycles. The van der Waals surface area contributed by atoms with Gasteiger partial charge in [0.15, 0.2) is 10.9 Å². The second-order valence-electron chi connectivity index (χ2n) is 5.38. The van der Waals surface area contributed by atoms with E-state index in [0.29, 0.717) is 35.5 Å². The van der Waals surface area contributed by atoms with E-state index in [9.17, 15) is 9.18 Å². The minimum atomic E-state index is -0.311. The zero-order valence-corrected chi connectivity index (χ0v) is 16.1. The van der Waals surface area contributed by atoms with Gasteiger partial charge in [-0.1, -0.05) is 11.8 Å². The molecule has 1 amide bonds. The van der Waals surface area contributed by atoms with Crippen molar-refractivity contribution in [3.05, 3.63) is 59.6 Å². The van der Waals surface area contributed by atoms with Gasteiger partial charge in [0.2, 0.25) is 0 Å². The third-order valence-corrected chi connectivity index (χ3v) is 4.56. The minimum Gasteiger partial charge on any atom is -0.455 e. The Bertz CT molecular complexity index is 897. The van der Waals surface area contributed by atoms with Crippen LogP contribution in [0.5, 0.6) is 0 Å². The second kappa shape index (κ2) is 9.54. The molecule has 3 N–H and O–H groups in total. The molecule has 3 rings (SSSR count). The number of thioether (sulfide) groups is 1. The van der Waals surface area contributed by atoms with Crippen molar-refractivity contribution in [2.24, 2.45) is 5.73 Å². The minimum absolute atomic E-state index is 0. The molecule has 0 saturated carbocycles. The van der Waals surface area contributed by atoms with Crippen LogP contribution in [0.25, 0.3) is 5.69 Å². The van der Waals surface area contributed by atoms with Gasteiger partial charge in [0.05, 0.1) is 5.75 Å². The molecule has 3 aromatic rings. The Morgan fingerprint density at radius 2 is 2.00 bits per heavy atom. The standard InChI is InChI=1S/C17H18FN5O2S.ClH/c1-20-16(24)14-7-6-13(25-14)10-26-17-22-21-15(8-9-19)23(17)12-4-2-11(18)3-5-12;/h2-7H,8-10,19H2,1H3,(H,20,24);1H. The summed E-state index contributed by atoms with van der Waals surface area (Å²) in [5.74, 6) is 1.48. The van der Waals surface area contributed by atoms with Gasteiger partial charge in [-0.05, 0) is 42.9 Å².